The molecular formula is C15H16FNO4. The summed E-state index contributed by atoms with van der Waals surface area (Å²) < 4.78 is 23.3. The highest BCUT2D eigenvalue weighted by Gasteiger charge is 2.38. The van der Waals surface area contributed by atoms with Crippen molar-refractivity contribution in [1.29, 1.82) is 0 Å². The Kier molecular flexibility index (Phi) is 3.72. The summed E-state index contributed by atoms with van der Waals surface area (Å²) in [5, 5.41) is 2.81. The summed E-state index contributed by atoms with van der Waals surface area (Å²) in [5.41, 5.74) is 1.53. The van der Waals surface area contributed by atoms with E-state index in [0.717, 1.165) is 0 Å². The van der Waals surface area contributed by atoms with Crippen LogP contribution in [0.4, 0.5) is 10.1 Å². The topological polar surface area (TPSA) is 64.6 Å². The molecule has 1 aromatic carbocycles. The highest BCUT2D eigenvalue weighted by molar-refractivity contribution is 6.15. The summed E-state index contributed by atoms with van der Waals surface area (Å²) in [5.74, 6) is -3.11. The smallest absolute Gasteiger partial charge is 0.350 e. The van der Waals surface area contributed by atoms with Crippen molar-refractivity contribution in [1.82, 2.24) is 0 Å². The quantitative estimate of drug-likeness (QED) is 0.516. The van der Waals surface area contributed by atoms with Crippen molar-refractivity contribution < 1.29 is 23.5 Å². The van der Waals surface area contributed by atoms with Gasteiger partial charge < -0.3 is 14.8 Å². The number of ether oxygens (including phenoxy) is 2. The van der Waals surface area contributed by atoms with Crippen molar-refractivity contribution >= 4 is 17.6 Å². The Balaban J connectivity index is 2.24. The number of benzene rings is 1. The average molecular weight is 293 g/mol. The van der Waals surface area contributed by atoms with E-state index in [1.54, 1.807) is 13.8 Å². The van der Waals surface area contributed by atoms with Crippen molar-refractivity contribution in [2.75, 3.05) is 5.32 Å². The van der Waals surface area contributed by atoms with Crippen LogP contribution < -0.4 is 5.32 Å². The van der Waals surface area contributed by atoms with Crippen molar-refractivity contribution in [3.8, 4) is 0 Å². The molecule has 1 fully saturated rings. The SMILES string of the molecule is Cc1c(F)ccc(NC=C2C(=O)OC(C)(C)OC2=O)c1C. The summed E-state index contributed by atoms with van der Waals surface area (Å²) in [7, 11) is 0. The molecule has 0 amide bonds. The molecule has 21 heavy (non-hydrogen) atoms. The molecule has 1 heterocycles. The first-order valence-corrected chi connectivity index (χ1v) is 6.40. The number of halogens is 1. The van der Waals surface area contributed by atoms with Gasteiger partial charge in [-0.2, -0.15) is 0 Å². The van der Waals surface area contributed by atoms with Crippen LogP contribution in [0.25, 0.3) is 0 Å². The van der Waals surface area contributed by atoms with Crippen LogP contribution in [0.15, 0.2) is 23.9 Å². The third-order valence-corrected chi connectivity index (χ3v) is 3.21. The molecule has 1 aromatic rings. The average Bonchev–Trinajstić information content (AvgIpc) is 2.36. The van der Waals surface area contributed by atoms with Crippen LogP contribution in [-0.2, 0) is 19.1 Å². The van der Waals surface area contributed by atoms with Gasteiger partial charge in [0.2, 0.25) is 0 Å². The molecule has 1 aliphatic rings. The molecule has 0 radical (unpaired) electrons. The molecule has 0 unspecified atom stereocenters. The maximum atomic E-state index is 13.4. The first-order chi connectivity index (χ1) is 9.71. The highest BCUT2D eigenvalue weighted by Crippen LogP contribution is 2.24. The molecule has 0 atom stereocenters. The molecule has 0 aliphatic carbocycles. The van der Waals surface area contributed by atoms with E-state index in [0.29, 0.717) is 16.8 Å². The zero-order valence-electron chi connectivity index (χ0n) is 12.2. The van der Waals surface area contributed by atoms with Gasteiger partial charge in [-0.1, -0.05) is 0 Å². The van der Waals surface area contributed by atoms with Crippen molar-refractivity contribution in [2.45, 2.75) is 33.5 Å². The van der Waals surface area contributed by atoms with Gasteiger partial charge in [-0.15, -0.1) is 0 Å². The second kappa shape index (κ2) is 5.20. The van der Waals surface area contributed by atoms with E-state index < -0.39 is 17.7 Å². The number of carbonyl (C=O) groups excluding carboxylic acids is 2. The molecule has 112 valence electrons. The lowest BCUT2D eigenvalue weighted by Crippen LogP contribution is -2.42. The number of cyclic esters (lactones) is 2. The molecular weight excluding hydrogens is 277 g/mol. The number of hydrogen-bond donors (Lipinski definition) is 1. The van der Waals surface area contributed by atoms with Gasteiger partial charge in [0.1, 0.15) is 5.82 Å². The fraction of sp³-hybridized carbons (Fsp3) is 0.333. The third kappa shape index (κ3) is 3.04. The monoisotopic (exact) mass is 293 g/mol. The first-order valence-electron chi connectivity index (χ1n) is 6.40. The van der Waals surface area contributed by atoms with Crippen LogP contribution in [-0.4, -0.2) is 17.7 Å². The Morgan fingerprint density at radius 3 is 2.24 bits per heavy atom. The summed E-state index contributed by atoms with van der Waals surface area (Å²) in [6, 6.07) is 2.84. The summed E-state index contributed by atoms with van der Waals surface area (Å²) >= 11 is 0. The second-order valence-corrected chi connectivity index (χ2v) is 5.23. The van der Waals surface area contributed by atoms with Crippen molar-refractivity contribution in [3.05, 3.63) is 40.8 Å². The number of hydrogen-bond acceptors (Lipinski definition) is 5. The molecule has 0 bridgehead atoms. The van der Waals surface area contributed by atoms with Crippen LogP contribution in [0, 0.1) is 19.7 Å². The molecule has 1 saturated heterocycles. The Labute approximate surface area is 121 Å². The number of rotatable bonds is 2. The molecule has 1 N–H and O–H groups in total. The van der Waals surface area contributed by atoms with Gasteiger partial charge in [-0.05, 0) is 37.1 Å². The lowest BCUT2D eigenvalue weighted by molar-refractivity contribution is -0.222. The lowest BCUT2D eigenvalue weighted by Gasteiger charge is -2.29. The van der Waals surface area contributed by atoms with Crippen molar-refractivity contribution in [2.24, 2.45) is 0 Å². The number of carbonyl (C=O) groups is 2. The van der Waals surface area contributed by atoms with Crippen molar-refractivity contribution in [3.63, 3.8) is 0 Å². The summed E-state index contributed by atoms with van der Waals surface area (Å²) in [4.78, 5) is 23.5. The maximum absolute atomic E-state index is 13.4. The van der Waals surface area contributed by atoms with Gasteiger partial charge in [0.05, 0.1) is 0 Å². The van der Waals surface area contributed by atoms with Gasteiger partial charge in [0.15, 0.2) is 5.57 Å². The van der Waals surface area contributed by atoms with Crippen LogP contribution in [0.3, 0.4) is 0 Å². The highest BCUT2D eigenvalue weighted by atomic mass is 19.1. The minimum atomic E-state index is -1.27. The fourth-order valence-corrected chi connectivity index (χ4v) is 1.87. The fourth-order valence-electron chi connectivity index (χ4n) is 1.87. The van der Waals surface area contributed by atoms with Crippen LogP contribution >= 0.6 is 0 Å². The Hall–Kier alpha value is -2.37. The van der Waals surface area contributed by atoms with E-state index in [1.165, 1.54) is 32.2 Å². The van der Waals surface area contributed by atoms with E-state index in [9.17, 15) is 14.0 Å². The molecule has 0 aromatic heterocycles. The predicted octanol–water partition coefficient (Wildman–Crippen LogP) is 2.57. The van der Waals surface area contributed by atoms with E-state index in [1.807, 2.05) is 0 Å². The summed E-state index contributed by atoms with van der Waals surface area (Å²) in [6.07, 6.45) is 1.21. The zero-order valence-corrected chi connectivity index (χ0v) is 12.2. The number of nitrogens with one attached hydrogen (secondary N) is 1. The third-order valence-electron chi connectivity index (χ3n) is 3.21. The van der Waals surface area contributed by atoms with Gasteiger partial charge in [-0.25, -0.2) is 14.0 Å². The van der Waals surface area contributed by atoms with Gasteiger partial charge >= 0.3 is 11.9 Å². The van der Waals surface area contributed by atoms with Gasteiger partial charge in [-0.3, -0.25) is 0 Å². The Morgan fingerprint density at radius 1 is 1.10 bits per heavy atom. The molecule has 0 spiro atoms. The standard InChI is InChI=1S/C15H16FNO4/c1-8-9(2)12(6-5-11(8)16)17-7-10-13(18)20-15(3,4)21-14(10)19/h5-7,17H,1-4H3. The minimum Gasteiger partial charge on any atom is -0.419 e. The van der Waals surface area contributed by atoms with Crippen LogP contribution in [0.1, 0.15) is 25.0 Å². The van der Waals surface area contributed by atoms with Crippen LogP contribution in [0.2, 0.25) is 0 Å². The normalized spacial score (nSPS) is 17.1. The van der Waals surface area contributed by atoms with Gasteiger partial charge in [0, 0.05) is 25.7 Å². The minimum absolute atomic E-state index is 0.240. The van der Waals surface area contributed by atoms with Gasteiger partial charge in [0.25, 0.3) is 5.79 Å². The Morgan fingerprint density at radius 2 is 1.67 bits per heavy atom. The zero-order chi connectivity index (χ0) is 15.8. The number of anilines is 1. The summed E-state index contributed by atoms with van der Waals surface area (Å²) in [6.45, 7) is 6.33. The number of esters is 2. The van der Waals surface area contributed by atoms with Crippen LogP contribution in [0.5, 0.6) is 0 Å². The molecule has 2 rings (SSSR count). The second-order valence-electron chi connectivity index (χ2n) is 5.23. The molecule has 0 saturated carbocycles. The molecule has 5 nitrogen and oxygen atoms in total. The van der Waals surface area contributed by atoms with E-state index in [4.69, 9.17) is 9.47 Å². The predicted molar refractivity (Wildman–Crippen MR) is 73.8 cm³/mol. The lowest BCUT2D eigenvalue weighted by atomic mass is 10.1. The largest absolute Gasteiger partial charge is 0.419 e. The Bertz CT molecular complexity index is 627. The van der Waals surface area contributed by atoms with E-state index in [2.05, 4.69) is 5.32 Å². The van der Waals surface area contributed by atoms with E-state index >= 15 is 0 Å². The van der Waals surface area contributed by atoms with E-state index in [-0.39, 0.29) is 11.4 Å². The molecule has 6 heteroatoms. The first kappa shape index (κ1) is 15.0. The molecule has 1 aliphatic heterocycles. The maximum Gasteiger partial charge on any atom is 0.350 e.